The highest BCUT2D eigenvalue weighted by Gasteiger charge is 2.30. The first-order valence-electron chi connectivity index (χ1n) is 9.50. The fraction of sp³-hybridized carbons (Fsp3) is 0.304. The molecule has 0 fully saturated rings. The monoisotopic (exact) mass is 432 g/mol. The molecule has 2 amide bonds. The number of halogens is 3. The van der Waals surface area contributed by atoms with Gasteiger partial charge in [-0.05, 0) is 48.4 Å². The van der Waals surface area contributed by atoms with Crippen LogP contribution in [-0.2, 0) is 11.0 Å². The highest BCUT2D eigenvalue weighted by molar-refractivity contribution is 5.97. The van der Waals surface area contributed by atoms with E-state index in [-0.39, 0.29) is 18.0 Å². The summed E-state index contributed by atoms with van der Waals surface area (Å²) in [6.45, 7) is 3.50. The van der Waals surface area contributed by atoms with Gasteiger partial charge in [0.2, 0.25) is 5.91 Å². The quantitative estimate of drug-likeness (QED) is 0.685. The molecular weight excluding hydrogens is 409 g/mol. The Morgan fingerprint density at radius 3 is 2.35 bits per heavy atom. The maximum absolute atomic E-state index is 12.7. The van der Waals surface area contributed by atoms with E-state index >= 15 is 0 Å². The van der Waals surface area contributed by atoms with Crippen molar-refractivity contribution in [3.8, 4) is 17.6 Å². The molecule has 0 spiro atoms. The summed E-state index contributed by atoms with van der Waals surface area (Å²) in [6.07, 6.45) is -4.45. The van der Waals surface area contributed by atoms with Crippen molar-refractivity contribution >= 4 is 11.8 Å². The molecule has 1 atom stereocenters. The molecule has 164 valence electrons. The number of rotatable bonds is 6. The highest BCUT2D eigenvalue weighted by Crippen LogP contribution is 2.29. The molecule has 31 heavy (non-hydrogen) atoms. The number of carbonyl (C=O) groups excluding carboxylic acids is 2. The van der Waals surface area contributed by atoms with Crippen LogP contribution in [0.15, 0.2) is 48.5 Å². The van der Waals surface area contributed by atoms with Crippen LogP contribution in [0.1, 0.15) is 35.3 Å². The first kappa shape index (κ1) is 23.8. The number of benzene rings is 2. The summed E-state index contributed by atoms with van der Waals surface area (Å²) in [5.41, 5.74) is -0.217. The number of nitrogens with one attached hydrogen (secondary N) is 2. The molecule has 0 aromatic heterocycles. The van der Waals surface area contributed by atoms with Gasteiger partial charge >= 0.3 is 6.18 Å². The zero-order valence-electron chi connectivity index (χ0n) is 17.3. The number of alkyl halides is 3. The molecule has 0 bridgehead atoms. The second-order valence-electron chi connectivity index (χ2n) is 7.02. The van der Waals surface area contributed by atoms with Crippen molar-refractivity contribution in [2.45, 2.75) is 26.1 Å². The molecule has 2 aromatic carbocycles. The van der Waals surface area contributed by atoms with E-state index in [1.54, 1.807) is 38.1 Å². The van der Waals surface area contributed by atoms with E-state index in [2.05, 4.69) is 22.5 Å². The Morgan fingerprint density at radius 1 is 1.10 bits per heavy atom. The molecule has 8 heteroatoms. The van der Waals surface area contributed by atoms with Crippen LogP contribution in [-0.4, -0.2) is 31.5 Å². The van der Waals surface area contributed by atoms with Gasteiger partial charge in [-0.15, -0.1) is 0 Å². The van der Waals surface area contributed by atoms with Crippen LogP contribution < -0.4 is 15.4 Å². The average Bonchev–Trinajstić information content (AvgIpc) is 2.74. The fourth-order valence-corrected chi connectivity index (χ4v) is 2.66. The Bertz CT molecular complexity index is 974. The predicted octanol–water partition coefficient (Wildman–Crippen LogP) is 3.64. The fourth-order valence-electron chi connectivity index (χ4n) is 2.66. The summed E-state index contributed by atoms with van der Waals surface area (Å²) in [5, 5.41) is 5.27. The van der Waals surface area contributed by atoms with E-state index < -0.39 is 29.6 Å². The molecular formula is C23H23F3N2O3. The Morgan fingerprint density at radius 2 is 1.77 bits per heavy atom. The summed E-state index contributed by atoms with van der Waals surface area (Å²) < 4.78 is 43.3. The van der Waals surface area contributed by atoms with E-state index in [1.807, 2.05) is 0 Å². The lowest BCUT2D eigenvalue weighted by atomic mass is 10.0. The average molecular weight is 432 g/mol. The van der Waals surface area contributed by atoms with Gasteiger partial charge in [0.25, 0.3) is 5.91 Å². The number of carbonyl (C=O) groups is 2. The van der Waals surface area contributed by atoms with Crippen molar-refractivity contribution in [1.82, 2.24) is 10.6 Å². The molecule has 0 aliphatic heterocycles. The molecule has 0 saturated carbocycles. The lowest BCUT2D eigenvalue weighted by Crippen LogP contribution is -2.49. The lowest BCUT2D eigenvalue weighted by Gasteiger charge is -2.21. The molecule has 0 unspecified atom stereocenters. The Balaban J connectivity index is 1.97. The van der Waals surface area contributed by atoms with Gasteiger partial charge in [-0.1, -0.05) is 31.8 Å². The van der Waals surface area contributed by atoms with E-state index in [4.69, 9.17) is 4.74 Å². The molecule has 0 radical (unpaired) electrons. The number of ether oxygens (including phenoxy) is 1. The minimum atomic E-state index is -4.45. The maximum atomic E-state index is 12.7. The van der Waals surface area contributed by atoms with Crippen LogP contribution in [0.2, 0.25) is 0 Å². The molecule has 0 heterocycles. The van der Waals surface area contributed by atoms with Gasteiger partial charge in [-0.25, -0.2) is 0 Å². The molecule has 0 saturated heterocycles. The van der Waals surface area contributed by atoms with Crippen LogP contribution in [0.25, 0.3) is 0 Å². The molecule has 5 nitrogen and oxygen atoms in total. The first-order chi connectivity index (χ1) is 14.6. The first-order valence-corrected chi connectivity index (χ1v) is 9.50. The van der Waals surface area contributed by atoms with Crippen LogP contribution in [0.5, 0.6) is 5.75 Å². The summed E-state index contributed by atoms with van der Waals surface area (Å²) in [4.78, 5) is 24.9. The van der Waals surface area contributed by atoms with E-state index in [0.29, 0.717) is 11.3 Å². The van der Waals surface area contributed by atoms with Crippen LogP contribution in [0, 0.1) is 17.8 Å². The van der Waals surface area contributed by atoms with Crippen molar-refractivity contribution in [2.24, 2.45) is 5.92 Å². The highest BCUT2D eigenvalue weighted by atomic mass is 19.4. The minimum Gasteiger partial charge on any atom is -0.497 e. The zero-order valence-corrected chi connectivity index (χ0v) is 17.3. The number of hydrogen-bond acceptors (Lipinski definition) is 3. The molecule has 2 aromatic rings. The zero-order chi connectivity index (χ0) is 23.0. The lowest BCUT2D eigenvalue weighted by molar-refractivity contribution is -0.137. The van der Waals surface area contributed by atoms with Crippen molar-refractivity contribution in [3.05, 3.63) is 65.2 Å². The molecule has 2 rings (SSSR count). The standard InChI is InChI=1S/C23H23F3N2O3/c1-15(2)20(28-21(29)17-9-11-19(31-3)12-10-17)22(30)27-13-5-7-16-6-4-8-18(14-16)23(24,25)26/h4,6,8-12,14-15,20H,13H2,1-3H3,(H,27,30)(H,28,29)/t20-/m0/s1. The molecule has 0 aliphatic carbocycles. The normalized spacial score (nSPS) is 11.8. The Kier molecular flexibility index (Phi) is 8.08. The van der Waals surface area contributed by atoms with Gasteiger partial charge in [0, 0.05) is 11.1 Å². The van der Waals surface area contributed by atoms with Gasteiger partial charge in [-0.2, -0.15) is 13.2 Å². The number of methoxy groups -OCH3 is 1. The van der Waals surface area contributed by atoms with Crippen LogP contribution in [0.3, 0.4) is 0 Å². The second kappa shape index (κ2) is 10.5. The van der Waals surface area contributed by atoms with Gasteiger partial charge in [0.05, 0.1) is 19.2 Å². The summed E-state index contributed by atoms with van der Waals surface area (Å²) in [7, 11) is 1.52. The molecule has 2 N–H and O–H groups in total. The van der Waals surface area contributed by atoms with Crippen molar-refractivity contribution in [2.75, 3.05) is 13.7 Å². The summed E-state index contributed by atoms with van der Waals surface area (Å²) >= 11 is 0. The predicted molar refractivity (Wildman–Crippen MR) is 110 cm³/mol. The third kappa shape index (κ3) is 7.07. The topological polar surface area (TPSA) is 67.4 Å². The third-order valence-corrected chi connectivity index (χ3v) is 4.36. The largest absolute Gasteiger partial charge is 0.497 e. The van der Waals surface area contributed by atoms with E-state index in [0.717, 1.165) is 12.1 Å². The van der Waals surface area contributed by atoms with Crippen molar-refractivity contribution in [3.63, 3.8) is 0 Å². The van der Waals surface area contributed by atoms with Crippen LogP contribution >= 0.6 is 0 Å². The number of hydrogen-bond donors (Lipinski definition) is 2. The summed E-state index contributed by atoms with van der Waals surface area (Å²) in [5.74, 6) is 4.79. The Hall–Kier alpha value is -3.47. The SMILES string of the molecule is COc1ccc(C(=O)N[C@H](C(=O)NCC#Cc2cccc(C(F)(F)F)c2)C(C)C)cc1. The second-order valence-corrected chi connectivity index (χ2v) is 7.02. The number of amides is 2. The van der Waals surface area contributed by atoms with Crippen molar-refractivity contribution < 1.29 is 27.5 Å². The van der Waals surface area contributed by atoms with Crippen molar-refractivity contribution in [1.29, 1.82) is 0 Å². The smallest absolute Gasteiger partial charge is 0.416 e. The van der Waals surface area contributed by atoms with E-state index in [9.17, 15) is 22.8 Å². The van der Waals surface area contributed by atoms with E-state index in [1.165, 1.54) is 19.2 Å². The van der Waals surface area contributed by atoms with Gasteiger partial charge in [0.15, 0.2) is 0 Å². The Labute approximate surface area is 179 Å². The van der Waals surface area contributed by atoms with Crippen LogP contribution in [0.4, 0.5) is 13.2 Å². The molecule has 0 aliphatic rings. The van der Waals surface area contributed by atoms with Gasteiger partial charge < -0.3 is 15.4 Å². The van der Waals surface area contributed by atoms with Gasteiger partial charge in [-0.3, -0.25) is 9.59 Å². The third-order valence-electron chi connectivity index (χ3n) is 4.36. The van der Waals surface area contributed by atoms with Gasteiger partial charge in [0.1, 0.15) is 11.8 Å². The minimum absolute atomic E-state index is 0.0727. The summed E-state index contributed by atoms with van der Waals surface area (Å²) in [6, 6.07) is 10.3. The maximum Gasteiger partial charge on any atom is 0.416 e.